The highest BCUT2D eigenvalue weighted by Crippen LogP contribution is 2.24. The maximum absolute atomic E-state index is 12.7. The molecule has 0 radical (unpaired) electrons. The van der Waals surface area contributed by atoms with Crippen molar-refractivity contribution in [3.8, 4) is 0 Å². The molecule has 0 spiro atoms. The predicted molar refractivity (Wildman–Crippen MR) is 109 cm³/mol. The van der Waals surface area contributed by atoms with Gasteiger partial charge in [-0.3, -0.25) is 0 Å². The lowest BCUT2D eigenvalue weighted by Gasteiger charge is -2.37. The van der Waals surface area contributed by atoms with Crippen molar-refractivity contribution in [1.29, 1.82) is 0 Å². The molecular weight excluding hydrogens is 338 g/mol. The number of piperidine rings is 2. The molecular formula is C21H35N5O. The zero-order valence-electron chi connectivity index (χ0n) is 17.2. The summed E-state index contributed by atoms with van der Waals surface area (Å²) in [5.41, 5.74) is 1.08. The second kappa shape index (κ2) is 9.38. The fourth-order valence-electron chi connectivity index (χ4n) is 4.38. The first kappa shape index (κ1) is 19.9. The molecule has 2 saturated heterocycles. The Kier molecular flexibility index (Phi) is 6.91. The molecule has 2 amide bonds. The van der Waals surface area contributed by atoms with Gasteiger partial charge in [0.15, 0.2) is 0 Å². The molecule has 1 aromatic heterocycles. The molecule has 0 saturated carbocycles. The van der Waals surface area contributed by atoms with E-state index in [0.717, 1.165) is 63.4 Å². The fraction of sp³-hybridized carbons (Fsp3) is 0.762. The van der Waals surface area contributed by atoms with Crippen molar-refractivity contribution in [1.82, 2.24) is 20.2 Å². The van der Waals surface area contributed by atoms with Gasteiger partial charge in [-0.2, -0.15) is 0 Å². The smallest absolute Gasteiger partial charge is 0.317 e. The second-order valence-electron chi connectivity index (χ2n) is 8.52. The zero-order chi connectivity index (χ0) is 19.2. The Morgan fingerprint density at radius 3 is 2.70 bits per heavy atom. The quantitative estimate of drug-likeness (QED) is 0.858. The maximum atomic E-state index is 12.7. The Bertz CT molecular complexity index is 612. The highest BCUT2D eigenvalue weighted by Gasteiger charge is 2.27. The van der Waals surface area contributed by atoms with E-state index in [0.29, 0.717) is 11.8 Å². The van der Waals surface area contributed by atoms with E-state index >= 15 is 0 Å². The van der Waals surface area contributed by atoms with E-state index in [4.69, 9.17) is 0 Å². The summed E-state index contributed by atoms with van der Waals surface area (Å²) in [4.78, 5) is 25.8. The largest absolute Gasteiger partial charge is 0.356 e. The molecule has 6 heteroatoms. The number of carbonyl (C=O) groups is 1. The van der Waals surface area contributed by atoms with Gasteiger partial charge in [0.2, 0.25) is 0 Å². The number of likely N-dealkylation sites (tertiary alicyclic amines) is 1. The number of nitrogens with one attached hydrogen (secondary N) is 1. The first-order valence-corrected chi connectivity index (χ1v) is 10.7. The summed E-state index contributed by atoms with van der Waals surface area (Å²) in [5, 5.41) is 3.28. The number of urea groups is 1. The molecule has 1 unspecified atom stereocenters. The van der Waals surface area contributed by atoms with Crippen LogP contribution in [0.4, 0.5) is 10.6 Å². The molecule has 0 bridgehead atoms. The molecule has 3 heterocycles. The Morgan fingerprint density at radius 2 is 2.00 bits per heavy atom. The molecule has 27 heavy (non-hydrogen) atoms. The van der Waals surface area contributed by atoms with E-state index in [1.807, 2.05) is 4.90 Å². The van der Waals surface area contributed by atoms with Crippen LogP contribution in [0.25, 0.3) is 0 Å². The topological polar surface area (TPSA) is 61.4 Å². The Hall–Kier alpha value is -1.85. The van der Waals surface area contributed by atoms with Crippen LogP contribution >= 0.6 is 0 Å². The standard InChI is InChI=1S/C21H35N5O/c1-4-18-13-20(23-15-22-18)25-10-7-19(8-11-25)24-21(27)26-9-5-6-17(14-26)12-16(2)3/h13,15-17,19H,4-12,14H2,1-3H3,(H,24,27). The fourth-order valence-corrected chi connectivity index (χ4v) is 4.38. The first-order valence-electron chi connectivity index (χ1n) is 10.7. The Morgan fingerprint density at radius 1 is 1.22 bits per heavy atom. The van der Waals surface area contributed by atoms with Gasteiger partial charge in [-0.1, -0.05) is 20.8 Å². The normalized spacial score (nSPS) is 21.6. The summed E-state index contributed by atoms with van der Waals surface area (Å²) in [5.74, 6) is 2.38. The third kappa shape index (κ3) is 5.56. The van der Waals surface area contributed by atoms with Crippen molar-refractivity contribution in [2.45, 2.75) is 65.3 Å². The average Bonchev–Trinajstić information content (AvgIpc) is 2.68. The van der Waals surface area contributed by atoms with E-state index in [9.17, 15) is 4.79 Å². The van der Waals surface area contributed by atoms with Crippen molar-refractivity contribution in [2.75, 3.05) is 31.1 Å². The minimum absolute atomic E-state index is 0.136. The number of nitrogens with zero attached hydrogens (tertiary/aromatic N) is 4. The van der Waals surface area contributed by atoms with E-state index in [2.05, 4.69) is 47.0 Å². The van der Waals surface area contributed by atoms with Crippen LogP contribution < -0.4 is 10.2 Å². The molecule has 150 valence electrons. The highest BCUT2D eigenvalue weighted by molar-refractivity contribution is 5.74. The van der Waals surface area contributed by atoms with Crippen molar-refractivity contribution in [2.24, 2.45) is 11.8 Å². The lowest BCUT2D eigenvalue weighted by molar-refractivity contribution is 0.153. The molecule has 3 rings (SSSR count). The number of aryl methyl sites for hydroxylation is 1. The SMILES string of the molecule is CCc1cc(N2CCC(NC(=O)N3CCCC(CC(C)C)C3)CC2)ncn1. The van der Waals surface area contributed by atoms with E-state index in [-0.39, 0.29) is 12.1 Å². The molecule has 2 fully saturated rings. The van der Waals surface area contributed by atoms with Crippen molar-refractivity contribution in [3.63, 3.8) is 0 Å². The monoisotopic (exact) mass is 373 g/mol. The Labute approximate surface area is 163 Å². The van der Waals surface area contributed by atoms with Crippen LogP contribution in [0.2, 0.25) is 0 Å². The van der Waals surface area contributed by atoms with Crippen molar-refractivity contribution in [3.05, 3.63) is 18.1 Å². The van der Waals surface area contributed by atoms with Gasteiger partial charge in [0.05, 0.1) is 0 Å². The van der Waals surface area contributed by atoms with Gasteiger partial charge < -0.3 is 15.1 Å². The lowest BCUT2D eigenvalue weighted by atomic mass is 9.90. The van der Waals surface area contributed by atoms with Crippen LogP contribution in [0.15, 0.2) is 12.4 Å². The Balaban J connectivity index is 1.46. The number of anilines is 1. The summed E-state index contributed by atoms with van der Waals surface area (Å²) >= 11 is 0. The number of carbonyl (C=O) groups excluding carboxylic acids is 1. The van der Waals surface area contributed by atoms with Gasteiger partial charge in [-0.25, -0.2) is 14.8 Å². The van der Waals surface area contributed by atoms with E-state index in [1.165, 1.54) is 12.8 Å². The van der Waals surface area contributed by atoms with E-state index in [1.54, 1.807) is 6.33 Å². The summed E-state index contributed by atoms with van der Waals surface area (Å²) in [6.45, 7) is 10.3. The number of amides is 2. The average molecular weight is 374 g/mol. The number of rotatable bonds is 5. The number of hydrogen-bond acceptors (Lipinski definition) is 4. The van der Waals surface area contributed by atoms with Crippen LogP contribution in [0.3, 0.4) is 0 Å². The van der Waals surface area contributed by atoms with Gasteiger partial charge in [-0.15, -0.1) is 0 Å². The maximum Gasteiger partial charge on any atom is 0.317 e. The molecule has 0 aromatic carbocycles. The highest BCUT2D eigenvalue weighted by atomic mass is 16.2. The summed E-state index contributed by atoms with van der Waals surface area (Å²) in [6.07, 6.45) is 8.15. The van der Waals surface area contributed by atoms with Crippen LogP contribution in [0, 0.1) is 11.8 Å². The van der Waals surface area contributed by atoms with Crippen LogP contribution in [0.5, 0.6) is 0 Å². The number of aromatic nitrogens is 2. The van der Waals surface area contributed by atoms with Gasteiger partial charge in [0, 0.05) is 44.0 Å². The van der Waals surface area contributed by atoms with Gasteiger partial charge in [0.25, 0.3) is 0 Å². The summed E-state index contributed by atoms with van der Waals surface area (Å²) in [7, 11) is 0. The third-order valence-corrected chi connectivity index (χ3v) is 5.83. The van der Waals surface area contributed by atoms with Gasteiger partial charge >= 0.3 is 6.03 Å². The molecule has 2 aliphatic heterocycles. The van der Waals surface area contributed by atoms with Crippen LogP contribution in [-0.2, 0) is 6.42 Å². The lowest BCUT2D eigenvalue weighted by Crippen LogP contribution is -2.51. The van der Waals surface area contributed by atoms with Crippen LogP contribution in [-0.4, -0.2) is 53.1 Å². The van der Waals surface area contributed by atoms with Gasteiger partial charge in [-0.05, 0) is 50.4 Å². The minimum atomic E-state index is 0.136. The molecule has 1 N–H and O–H groups in total. The molecule has 0 aliphatic carbocycles. The number of hydrogen-bond donors (Lipinski definition) is 1. The third-order valence-electron chi connectivity index (χ3n) is 5.83. The summed E-state index contributed by atoms with van der Waals surface area (Å²) < 4.78 is 0. The molecule has 1 aromatic rings. The molecule has 1 atom stereocenters. The first-order chi connectivity index (χ1) is 13.0. The van der Waals surface area contributed by atoms with Crippen molar-refractivity contribution >= 4 is 11.8 Å². The predicted octanol–water partition coefficient (Wildman–Crippen LogP) is 3.48. The summed E-state index contributed by atoms with van der Waals surface area (Å²) in [6, 6.07) is 2.49. The van der Waals surface area contributed by atoms with Gasteiger partial charge in [0.1, 0.15) is 12.1 Å². The zero-order valence-corrected chi connectivity index (χ0v) is 17.2. The molecule has 6 nitrogen and oxygen atoms in total. The minimum Gasteiger partial charge on any atom is -0.356 e. The van der Waals surface area contributed by atoms with Crippen LogP contribution in [0.1, 0.15) is 58.6 Å². The van der Waals surface area contributed by atoms with Crippen molar-refractivity contribution < 1.29 is 4.79 Å². The van der Waals surface area contributed by atoms with E-state index < -0.39 is 0 Å². The second-order valence-corrected chi connectivity index (χ2v) is 8.52. The molecule has 2 aliphatic rings.